The quantitative estimate of drug-likeness (QED) is 0.711. The first-order valence-electron chi connectivity index (χ1n) is 6.28. The third-order valence-corrected chi connectivity index (χ3v) is 3.97. The van der Waals surface area contributed by atoms with Crippen molar-refractivity contribution < 1.29 is 17.6 Å². The molecular weight excluding hydrogens is 268 g/mol. The Balaban J connectivity index is 2.77. The van der Waals surface area contributed by atoms with Crippen LogP contribution in [-0.2, 0) is 21.3 Å². The molecule has 1 atom stereocenters. The van der Waals surface area contributed by atoms with Gasteiger partial charge >= 0.3 is 0 Å². The lowest BCUT2D eigenvalue weighted by Gasteiger charge is -2.16. The summed E-state index contributed by atoms with van der Waals surface area (Å²) in [5.41, 5.74) is 0. The molecule has 0 aliphatic heterocycles. The molecule has 1 unspecified atom stereocenters. The van der Waals surface area contributed by atoms with Crippen LogP contribution in [-0.4, -0.2) is 35.2 Å². The third-order valence-electron chi connectivity index (χ3n) is 2.58. The number of rotatable bonds is 9. The standard InChI is InChI=1S/C12H22N2O4S/c1-4-5-10(9-17-3)14-19(15,16)12-7-6-11(18-12)8-13-2/h6-7,10,13-14H,4-5,8-9H2,1-3H3. The molecule has 0 saturated carbocycles. The van der Waals surface area contributed by atoms with Crippen LogP contribution < -0.4 is 10.0 Å². The molecule has 0 aromatic carbocycles. The van der Waals surface area contributed by atoms with Gasteiger partial charge in [-0.2, -0.15) is 0 Å². The van der Waals surface area contributed by atoms with Crippen LogP contribution in [0.3, 0.4) is 0 Å². The summed E-state index contributed by atoms with van der Waals surface area (Å²) in [6.45, 7) is 2.83. The fourth-order valence-corrected chi connectivity index (χ4v) is 2.98. The summed E-state index contributed by atoms with van der Waals surface area (Å²) in [6, 6.07) is 2.87. The van der Waals surface area contributed by atoms with Crippen LogP contribution in [0.15, 0.2) is 21.6 Å². The van der Waals surface area contributed by atoms with Gasteiger partial charge in [0.2, 0.25) is 5.09 Å². The van der Waals surface area contributed by atoms with E-state index in [-0.39, 0.29) is 11.1 Å². The van der Waals surface area contributed by atoms with E-state index in [4.69, 9.17) is 9.15 Å². The van der Waals surface area contributed by atoms with Gasteiger partial charge in [-0.25, -0.2) is 13.1 Å². The molecule has 2 N–H and O–H groups in total. The predicted molar refractivity (Wildman–Crippen MR) is 72.4 cm³/mol. The second-order valence-corrected chi connectivity index (χ2v) is 5.96. The Hall–Kier alpha value is -0.890. The minimum Gasteiger partial charge on any atom is -0.447 e. The maximum absolute atomic E-state index is 12.1. The summed E-state index contributed by atoms with van der Waals surface area (Å²) < 4.78 is 37.2. The summed E-state index contributed by atoms with van der Waals surface area (Å²) in [5.74, 6) is 0.585. The highest BCUT2D eigenvalue weighted by Crippen LogP contribution is 2.15. The third kappa shape index (κ3) is 4.94. The Kier molecular flexibility index (Phi) is 6.50. The zero-order valence-corrected chi connectivity index (χ0v) is 12.4. The maximum Gasteiger partial charge on any atom is 0.274 e. The molecule has 0 spiro atoms. The van der Waals surface area contributed by atoms with Crippen molar-refractivity contribution in [2.75, 3.05) is 20.8 Å². The van der Waals surface area contributed by atoms with Crippen LogP contribution in [0.25, 0.3) is 0 Å². The molecule has 6 nitrogen and oxygen atoms in total. The van der Waals surface area contributed by atoms with Crippen molar-refractivity contribution in [3.63, 3.8) is 0 Å². The second kappa shape index (κ2) is 7.64. The van der Waals surface area contributed by atoms with E-state index in [1.807, 2.05) is 6.92 Å². The Labute approximate surface area is 114 Å². The van der Waals surface area contributed by atoms with E-state index in [1.165, 1.54) is 6.07 Å². The minimum absolute atomic E-state index is 0.0602. The van der Waals surface area contributed by atoms with Gasteiger partial charge in [-0.1, -0.05) is 13.3 Å². The van der Waals surface area contributed by atoms with Crippen molar-refractivity contribution in [1.29, 1.82) is 0 Å². The van der Waals surface area contributed by atoms with E-state index < -0.39 is 10.0 Å². The smallest absolute Gasteiger partial charge is 0.274 e. The first-order chi connectivity index (χ1) is 9.03. The number of hydrogen-bond acceptors (Lipinski definition) is 5. The van der Waals surface area contributed by atoms with Crippen molar-refractivity contribution in [3.05, 3.63) is 17.9 Å². The van der Waals surface area contributed by atoms with Gasteiger partial charge < -0.3 is 14.5 Å². The Morgan fingerprint density at radius 3 is 2.74 bits per heavy atom. The van der Waals surface area contributed by atoms with Crippen molar-refractivity contribution in [1.82, 2.24) is 10.0 Å². The Bertz CT molecular complexity index is 464. The number of hydrogen-bond donors (Lipinski definition) is 2. The monoisotopic (exact) mass is 290 g/mol. The zero-order valence-electron chi connectivity index (χ0n) is 11.6. The topological polar surface area (TPSA) is 80.6 Å². The van der Waals surface area contributed by atoms with Gasteiger partial charge in [-0.05, 0) is 25.6 Å². The lowest BCUT2D eigenvalue weighted by molar-refractivity contribution is 0.170. The molecule has 0 saturated heterocycles. The second-order valence-electron chi connectivity index (χ2n) is 4.31. The average Bonchev–Trinajstić information content (AvgIpc) is 2.79. The molecule has 7 heteroatoms. The predicted octanol–water partition coefficient (Wildman–Crippen LogP) is 1.09. The summed E-state index contributed by atoms with van der Waals surface area (Å²) in [4.78, 5) is 0. The van der Waals surface area contributed by atoms with Crippen LogP contribution in [0, 0.1) is 0 Å². The van der Waals surface area contributed by atoms with Crippen LogP contribution in [0.2, 0.25) is 0 Å². The number of ether oxygens (including phenoxy) is 1. The number of methoxy groups -OCH3 is 1. The first kappa shape index (κ1) is 16.2. The normalized spacial score (nSPS) is 13.6. The van der Waals surface area contributed by atoms with E-state index >= 15 is 0 Å². The zero-order chi connectivity index (χ0) is 14.3. The molecule has 1 aromatic rings. The highest BCUT2D eigenvalue weighted by Gasteiger charge is 2.22. The van der Waals surface area contributed by atoms with E-state index in [1.54, 1.807) is 20.2 Å². The van der Waals surface area contributed by atoms with Crippen LogP contribution in [0.1, 0.15) is 25.5 Å². The van der Waals surface area contributed by atoms with Gasteiger partial charge in [-0.3, -0.25) is 0 Å². The molecule has 1 heterocycles. The summed E-state index contributed by atoms with van der Waals surface area (Å²) in [6.07, 6.45) is 1.59. The molecule has 0 fully saturated rings. The van der Waals surface area contributed by atoms with Gasteiger partial charge in [0.1, 0.15) is 5.76 Å². The largest absolute Gasteiger partial charge is 0.447 e. The first-order valence-corrected chi connectivity index (χ1v) is 7.76. The summed E-state index contributed by atoms with van der Waals surface area (Å²) in [5, 5.41) is 2.84. The molecular formula is C12H22N2O4S. The van der Waals surface area contributed by atoms with Gasteiger partial charge in [0.15, 0.2) is 0 Å². The average molecular weight is 290 g/mol. The van der Waals surface area contributed by atoms with Gasteiger partial charge in [0, 0.05) is 13.2 Å². The summed E-state index contributed by atoms with van der Waals surface area (Å²) >= 11 is 0. The summed E-state index contributed by atoms with van der Waals surface area (Å²) in [7, 11) is -0.307. The minimum atomic E-state index is -3.63. The number of sulfonamides is 1. The molecule has 0 aliphatic rings. The van der Waals surface area contributed by atoms with E-state index in [9.17, 15) is 8.42 Å². The van der Waals surface area contributed by atoms with Crippen molar-refractivity contribution >= 4 is 10.0 Å². The molecule has 110 valence electrons. The molecule has 0 aliphatic carbocycles. The van der Waals surface area contributed by atoms with E-state index in [0.29, 0.717) is 18.9 Å². The van der Waals surface area contributed by atoms with Crippen molar-refractivity contribution in [3.8, 4) is 0 Å². The highest BCUT2D eigenvalue weighted by atomic mass is 32.2. The lowest BCUT2D eigenvalue weighted by atomic mass is 10.2. The molecule has 19 heavy (non-hydrogen) atoms. The molecule has 1 aromatic heterocycles. The molecule has 0 radical (unpaired) electrons. The van der Waals surface area contributed by atoms with Crippen LogP contribution in [0.5, 0.6) is 0 Å². The van der Waals surface area contributed by atoms with Crippen molar-refractivity contribution in [2.24, 2.45) is 0 Å². The number of furan rings is 1. The highest BCUT2D eigenvalue weighted by molar-refractivity contribution is 7.89. The molecule has 0 bridgehead atoms. The van der Waals surface area contributed by atoms with Crippen LogP contribution >= 0.6 is 0 Å². The fourth-order valence-electron chi connectivity index (χ4n) is 1.78. The van der Waals surface area contributed by atoms with E-state index in [2.05, 4.69) is 10.0 Å². The van der Waals surface area contributed by atoms with Gasteiger partial charge in [-0.15, -0.1) is 0 Å². The van der Waals surface area contributed by atoms with E-state index in [0.717, 1.165) is 12.8 Å². The van der Waals surface area contributed by atoms with Crippen molar-refractivity contribution in [2.45, 2.75) is 37.4 Å². The maximum atomic E-state index is 12.1. The van der Waals surface area contributed by atoms with Crippen LogP contribution in [0.4, 0.5) is 0 Å². The fraction of sp³-hybridized carbons (Fsp3) is 0.667. The Morgan fingerprint density at radius 2 is 2.16 bits per heavy atom. The molecule has 1 rings (SSSR count). The lowest BCUT2D eigenvalue weighted by Crippen LogP contribution is -2.37. The Morgan fingerprint density at radius 1 is 1.42 bits per heavy atom. The number of nitrogens with one attached hydrogen (secondary N) is 2. The van der Waals surface area contributed by atoms with Gasteiger partial charge in [0.25, 0.3) is 10.0 Å². The SMILES string of the molecule is CCCC(COC)NS(=O)(=O)c1ccc(CNC)o1. The molecule has 0 amide bonds. The van der Waals surface area contributed by atoms with Gasteiger partial charge in [0.05, 0.1) is 13.2 Å².